The number of nitrogens with two attached hydrogens (primary N) is 1. The zero-order valence-electron chi connectivity index (χ0n) is 8.77. The van der Waals surface area contributed by atoms with Crippen LogP contribution < -0.4 is 10.5 Å². The average molecular weight is 203 g/mol. The Hall–Kier alpha value is -1.97. The van der Waals surface area contributed by atoms with Crippen LogP contribution in [0.2, 0.25) is 0 Å². The topological polar surface area (TPSA) is 53.1 Å². The quantitative estimate of drug-likeness (QED) is 0.757. The number of aromatic nitrogens is 2. The van der Waals surface area contributed by atoms with Crippen molar-refractivity contribution in [2.75, 3.05) is 12.8 Å². The number of ether oxygens (including phenoxy) is 1. The summed E-state index contributed by atoms with van der Waals surface area (Å²) in [6, 6.07) is 5.53. The molecule has 2 rings (SSSR count). The molecule has 0 radical (unpaired) electrons. The molecule has 1 aromatic carbocycles. The maximum Gasteiger partial charge on any atom is 0.143 e. The van der Waals surface area contributed by atoms with Crippen molar-refractivity contribution < 1.29 is 4.74 Å². The van der Waals surface area contributed by atoms with E-state index >= 15 is 0 Å². The van der Waals surface area contributed by atoms with Crippen LogP contribution >= 0.6 is 0 Å². The molecule has 0 spiro atoms. The van der Waals surface area contributed by atoms with Crippen LogP contribution in [0.4, 0.5) is 5.69 Å². The molecule has 0 unspecified atom stereocenters. The van der Waals surface area contributed by atoms with Gasteiger partial charge < -0.3 is 15.0 Å². The number of hydrogen-bond acceptors (Lipinski definition) is 3. The summed E-state index contributed by atoms with van der Waals surface area (Å²) < 4.78 is 7.21. The number of aryl methyl sites for hydroxylation is 1. The highest BCUT2D eigenvalue weighted by Gasteiger charge is 2.07. The lowest BCUT2D eigenvalue weighted by molar-refractivity contribution is 0.412. The minimum Gasteiger partial charge on any atom is -0.495 e. The molecule has 0 atom stereocenters. The van der Waals surface area contributed by atoms with Crippen LogP contribution in [-0.2, 0) is 0 Å². The Balaban J connectivity index is 2.60. The Morgan fingerprint density at radius 2 is 2.20 bits per heavy atom. The predicted molar refractivity (Wildman–Crippen MR) is 59.3 cm³/mol. The van der Waals surface area contributed by atoms with Crippen molar-refractivity contribution in [3.8, 4) is 11.4 Å². The summed E-state index contributed by atoms with van der Waals surface area (Å²) in [7, 11) is 1.64. The van der Waals surface area contributed by atoms with Crippen LogP contribution in [0.3, 0.4) is 0 Å². The minimum absolute atomic E-state index is 0.707. The number of nitrogens with zero attached hydrogens (tertiary/aromatic N) is 2. The average Bonchev–Trinajstić information content (AvgIpc) is 2.64. The molecule has 0 fully saturated rings. The van der Waals surface area contributed by atoms with Gasteiger partial charge in [0.05, 0.1) is 12.8 Å². The molecule has 2 aromatic rings. The van der Waals surface area contributed by atoms with Crippen LogP contribution in [0, 0.1) is 6.92 Å². The van der Waals surface area contributed by atoms with Crippen LogP contribution in [0.25, 0.3) is 5.69 Å². The molecule has 1 aromatic heterocycles. The van der Waals surface area contributed by atoms with E-state index in [4.69, 9.17) is 10.5 Å². The number of imidazole rings is 1. The van der Waals surface area contributed by atoms with Gasteiger partial charge in [0.2, 0.25) is 0 Å². The first kappa shape index (κ1) is 9.58. The van der Waals surface area contributed by atoms with E-state index in [9.17, 15) is 0 Å². The maximum atomic E-state index is 5.75. The van der Waals surface area contributed by atoms with Gasteiger partial charge in [-0.3, -0.25) is 0 Å². The van der Waals surface area contributed by atoms with E-state index in [-0.39, 0.29) is 0 Å². The van der Waals surface area contributed by atoms with E-state index in [1.165, 1.54) is 0 Å². The van der Waals surface area contributed by atoms with Crippen LogP contribution in [0.5, 0.6) is 5.75 Å². The molecule has 0 saturated carbocycles. The molecule has 15 heavy (non-hydrogen) atoms. The number of nitrogen functional groups attached to an aromatic ring is 1. The fourth-order valence-corrected chi connectivity index (χ4v) is 1.53. The third-order valence-electron chi connectivity index (χ3n) is 2.29. The summed E-state index contributed by atoms with van der Waals surface area (Å²) in [6.45, 7) is 1.93. The zero-order valence-corrected chi connectivity index (χ0v) is 8.77. The number of rotatable bonds is 2. The molecular weight excluding hydrogens is 190 g/mol. The second-order valence-corrected chi connectivity index (χ2v) is 3.28. The molecule has 0 bridgehead atoms. The third-order valence-corrected chi connectivity index (χ3v) is 2.29. The minimum atomic E-state index is 0.707. The highest BCUT2D eigenvalue weighted by atomic mass is 16.5. The zero-order chi connectivity index (χ0) is 10.8. The normalized spacial score (nSPS) is 10.3. The van der Waals surface area contributed by atoms with Gasteiger partial charge in [-0.1, -0.05) is 0 Å². The molecule has 4 nitrogen and oxygen atoms in total. The molecule has 0 aliphatic heterocycles. The number of benzene rings is 1. The smallest absolute Gasteiger partial charge is 0.143 e. The Bertz CT molecular complexity index is 476. The maximum absolute atomic E-state index is 5.75. The summed E-state index contributed by atoms with van der Waals surface area (Å²) >= 11 is 0. The summed E-state index contributed by atoms with van der Waals surface area (Å²) in [4.78, 5) is 4.16. The number of hydrogen-bond donors (Lipinski definition) is 1. The first-order chi connectivity index (χ1) is 7.22. The van der Waals surface area contributed by atoms with Crippen molar-refractivity contribution in [3.63, 3.8) is 0 Å². The van der Waals surface area contributed by atoms with Gasteiger partial charge in [0.25, 0.3) is 0 Å². The first-order valence-corrected chi connectivity index (χ1v) is 4.66. The van der Waals surface area contributed by atoms with E-state index < -0.39 is 0 Å². The van der Waals surface area contributed by atoms with E-state index in [1.54, 1.807) is 13.3 Å². The van der Waals surface area contributed by atoms with Crippen LogP contribution in [0.1, 0.15) is 5.82 Å². The summed E-state index contributed by atoms with van der Waals surface area (Å²) in [5.74, 6) is 1.68. The third kappa shape index (κ3) is 1.66. The Morgan fingerprint density at radius 1 is 1.40 bits per heavy atom. The van der Waals surface area contributed by atoms with E-state index in [0.717, 1.165) is 17.3 Å². The summed E-state index contributed by atoms with van der Waals surface area (Å²) in [5, 5.41) is 0. The predicted octanol–water partition coefficient (Wildman–Crippen LogP) is 1.77. The lowest BCUT2D eigenvalue weighted by Crippen LogP contribution is -2.00. The van der Waals surface area contributed by atoms with Gasteiger partial charge in [0, 0.05) is 18.1 Å². The SMILES string of the molecule is COc1ccc(N)cc1-n1ccnc1C. The monoisotopic (exact) mass is 203 g/mol. The Labute approximate surface area is 88.3 Å². The summed E-state index contributed by atoms with van der Waals surface area (Å²) in [6.07, 6.45) is 3.63. The van der Waals surface area contributed by atoms with Gasteiger partial charge in [0.15, 0.2) is 0 Å². The van der Waals surface area contributed by atoms with Gasteiger partial charge >= 0.3 is 0 Å². The molecule has 0 aliphatic rings. The van der Waals surface area contributed by atoms with E-state index in [0.29, 0.717) is 5.69 Å². The second-order valence-electron chi connectivity index (χ2n) is 3.28. The van der Waals surface area contributed by atoms with Crippen molar-refractivity contribution in [2.45, 2.75) is 6.92 Å². The molecule has 0 amide bonds. The first-order valence-electron chi connectivity index (χ1n) is 4.66. The Kier molecular flexibility index (Phi) is 2.33. The lowest BCUT2D eigenvalue weighted by atomic mass is 10.2. The van der Waals surface area contributed by atoms with Crippen molar-refractivity contribution in [1.29, 1.82) is 0 Å². The van der Waals surface area contributed by atoms with Gasteiger partial charge in [-0.25, -0.2) is 4.98 Å². The molecule has 0 saturated heterocycles. The molecule has 0 aliphatic carbocycles. The summed E-state index contributed by atoms with van der Waals surface area (Å²) in [5.41, 5.74) is 7.37. The van der Waals surface area contributed by atoms with Gasteiger partial charge in [-0.05, 0) is 25.1 Å². The van der Waals surface area contributed by atoms with Crippen molar-refractivity contribution >= 4 is 5.69 Å². The van der Waals surface area contributed by atoms with Gasteiger partial charge in [0.1, 0.15) is 11.6 Å². The lowest BCUT2D eigenvalue weighted by Gasteiger charge is -2.11. The highest BCUT2D eigenvalue weighted by Crippen LogP contribution is 2.25. The number of anilines is 1. The van der Waals surface area contributed by atoms with Crippen LogP contribution in [0.15, 0.2) is 30.6 Å². The fourth-order valence-electron chi connectivity index (χ4n) is 1.53. The molecular formula is C11H13N3O. The van der Waals surface area contributed by atoms with Crippen molar-refractivity contribution in [2.24, 2.45) is 0 Å². The van der Waals surface area contributed by atoms with Crippen LogP contribution in [-0.4, -0.2) is 16.7 Å². The number of methoxy groups -OCH3 is 1. The Morgan fingerprint density at radius 3 is 2.80 bits per heavy atom. The van der Waals surface area contributed by atoms with Gasteiger partial charge in [-0.2, -0.15) is 0 Å². The highest BCUT2D eigenvalue weighted by molar-refractivity contribution is 5.56. The molecule has 78 valence electrons. The van der Waals surface area contributed by atoms with E-state index in [1.807, 2.05) is 35.9 Å². The molecule has 2 N–H and O–H groups in total. The molecule has 1 heterocycles. The van der Waals surface area contributed by atoms with Crippen molar-refractivity contribution in [1.82, 2.24) is 9.55 Å². The largest absolute Gasteiger partial charge is 0.495 e. The standard InChI is InChI=1S/C11H13N3O/c1-8-13-5-6-14(8)10-7-9(12)3-4-11(10)15-2/h3-7H,12H2,1-2H3. The molecule has 4 heteroatoms. The van der Waals surface area contributed by atoms with Gasteiger partial charge in [-0.15, -0.1) is 0 Å². The fraction of sp³-hybridized carbons (Fsp3) is 0.182. The second kappa shape index (κ2) is 3.65. The van der Waals surface area contributed by atoms with Crippen molar-refractivity contribution in [3.05, 3.63) is 36.4 Å². The van der Waals surface area contributed by atoms with E-state index in [2.05, 4.69) is 4.98 Å².